The van der Waals surface area contributed by atoms with Crippen LogP contribution in [0.4, 0.5) is 4.39 Å². The minimum atomic E-state index is -0.293. The minimum Gasteiger partial charge on any atom is -0.487 e. The second-order valence-corrected chi connectivity index (χ2v) is 3.49. The van der Waals surface area contributed by atoms with Gasteiger partial charge in [0.25, 0.3) is 0 Å². The molecular weight excluding hydrogens is 235 g/mol. The summed E-state index contributed by atoms with van der Waals surface area (Å²) >= 11 is 3.08. The number of hydrogen-bond acceptors (Lipinski definition) is 1. The zero-order valence-electron chi connectivity index (χ0n) is 7.26. The molecule has 0 amide bonds. The summed E-state index contributed by atoms with van der Waals surface area (Å²) in [6, 6.07) is 4.53. The number of rotatable bonds is 3. The summed E-state index contributed by atoms with van der Waals surface area (Å²) in [5, 5.41) is 0. The van der Waals surface area contributed by atoms with Crippen molar-refractivity contribution < 1.29 is 9.13 Å². The SMILES string of the molecule is C=CC(C)Oc1ccc(F)c(Br)c1. The molecule has 1 aromatic carbocycles. The fourth-order valence-electron chi connectivity index (χ4n) is 0.813. The lowest BCUT2D eigenvalue weighted by Crippen LogP contribution is -2.07. The summed E-state index contributed by atoms with van der Waals surface area (Å²) in [7, 11) is 0. The summed E-state index contributed by atoms with van der Waals surface area (Å²) < 4.78 is 18.6. The van der Waals surface area contributed by atoms with Gasteiger partial charge < -0.3 is 4.74 Å². The normalized spacial score (nSPS) is 12.2. The van der Waals surface area contributed by atoms with Gasteiger partial charge in [-0.3, -0.25) is 0 Å². The Morgan fingerprint density at radius 2 is 2.31 bits per heavy atom. The van der Waals surface area contributed by atoms with Gasteiger partial charge in [0.15, 0.2) is 0 Å². The van der Waals surface area contributed by atoms with E-state index >= 15 is 0 Å². The Hall–Kier alpha value is -0.830. The highest BCUT2D eigenvalue weighted by molar-refractivity contribution is 9.10. The summed E-state index contributed by atoms with van der Waals surface area (Å²) in [5.41, 5.74) is 0. The molecule has 70 valence electrons. The van der Waals surface area contributed by atoms with E-state index in [0.717, 1.165) is 0 Å². The Balaban J connectivity index is 2.79. The molecule has 3 heteroatoms. The van der Waals surface area contributed by atoms with Gasteiger partial charge in [0.05, 0.1) is 4.47 Å². The van der Waals surface area contributed by atoms with Crippen LogP contribution in [0.2, 0.25) is 0 Å². The molecule has 0 spiro atoms. The molecule has 0 fully saturated rings. The average molecular weight is 245 g/mol. The molecule has 0 saturated heterocycles. The molecule has 0 heterocycles. The Morgan fingerprint density at radius 3 is 2.85 bits per heavy atom. The zero-order chi connectivity index (χ0) is 9.84. The Labute approximate surface area is 85.3 Å². The summed E-state index contributed by atoms with van der Waals surface area (Å²) in [6.07, 6.45) is 1.61. The lowest BCUT2D eigenvalue weighted by atomic mass is 10.3. The maximum Gasteiger partial charge on any atom is 0.137 e. The van der Waals surface area contributed by atoms with Gasteiger partial charge in [-0.25, -0.2) is 4.39 Å². The standard InChI is InChI=1S/C10H10BrFO/c1-3-7(2)13-8-4-5-10(12)9(11)6-8/h3-7H,1H2,2H3. The molecule has 0 aliphatic rings. The van der Waals surface area contributed by atoms with E-state index < -0.39 is 0 Å². The molecule has 0 aromatic heterocycles. The second-order valence-electron chi connectivity index (χ2n) is 2.63. The van der Waals surface area contributed by atoms with Gasteiger partial charge in [0.2, 0.25) is 0 Å². The lowest BCUT2D eigenvalue weighted by molar-refractivity contribution is 0.269. The number of benzene rings is 1. The van der Waals surface area contributed by atoms with Crippen LogP contribution >= 0.6 is 15.9 Å². The molecule has 0 aliphatic carbocycles. The smallest absolute Gasteiger partial charge is 0.137 e. The van der Waals surface area contributed by atoms with E-state index in [9.17, 15) is 4.39 Å². The molecule has 0 aliphatic heterocycles. The fourth-order valence-corrected chi connectivity index (χ4v) is 1.17. The third-order valence-electron chi connectivity index (χ3n) is 1.54. The van der Waals surface area contributed by atoms with Crippen LogP contribution < -0.4 is 4.74 Å². The summed E-state index contributed by atoms with van der Waals surface area (Å²) in [6.45, 7) is 5.45. The van der Waals surface area contributed by atoms with Crippen molar-refractivity contribution in [1.82, 2.24) is 0 Å². The van der Waals surface area contributed by atoms with Crippen LogP contribution in [0.1, 0.15) is 6.92 Å². The first-order valence-corrected chi connectivity index (χ1v) is 4.67. The van der Waals surface area contributed by atoms with E-state index in [0.29, 0.717) is 10.2 Å². The lowest BCUT2D eigenvalue weighted by Gasteiger charge is -2.10. The molecule has 1 unspecified atom stereocenters. The minimum absolute atomic E-state index is 0.0719. The van der Waals surface area contributed by atoms with Crippen molar-refractivity contribution in [2.24, 2.45) is 0 Å². The molecule has 0 radical (unpaired) electrons. The molecule has 0 N–H and O–H groups in total. The van der Waals surface area contributed by atoms with E-state index in [2.05, 4.69) is 22.5 Å². The van der Waals surface area contributed by atoms with E-state index in [1.807, 2.05) is 6.92 Å². The fraction of sp³-hybridized carbons (Fsp3) is 0.200. The van der Waals surface area contributed by atoms with Crippen molar-refractivity contribution in [2.75, 3.05) is 0 Å². The van der Waals surface area contributed by atoms with Gasteiger partial charge in [0, 0.05) is 0 Å². The summed E-state index contributed by atoms with van der Waals surface area (Å²) in [5.74, 6) is 0.333. The molecule has 1 rings (SSSR count). The highest BCUT2D eigenvalue weighted by Gasteiger charge is 2.02. The highest BCUT2D eigenvalue weighted by Crippen LogP contribution is 2.22. The van der Waals surface area contributed by atoms with Crippen molar-refractivity contribution in [1.29, 1.82) is 0 Å². The van der Waals surface area contributed by atoms with E-state index in [1.165, 1.54) is 6.07 Å². The molecule has 1 nitrogen and oxygen atoms in total. The molecule has 1 atom stereocenters. The molecular formula is C10H10BrFO. The third kappa shape index (κ3) is 2.84. The maximum absolute atomic E-state index is 12.8. The first-order valence-electron chi connectivity index (χ1n) is 3.87. The van der Waals surface area contributed by atoms with Crippen LogP contribution in [0.15, 0.2) is 35.3 Å². The molecule has 13 heavy (non-hydrogen) atoms. The zero-order valence-corrected chi connectivity index (χ0v) is 8.84. The van der Waals surface area contributed by atoms with Gasteiger partial charge in [-0.2, -0.15) is 0 Å². The van der Waals surface area contributed by atoms with E-state index in [1.54, 1.807) is 18.2 Å². The molecule has 0 saturated carbocycles. The van der Waals surface area contributed by atoms with Gasteiger partial charge >= 0.3 is 0 Å². The van der Waals surface area contributed by atoms with E-state index in [-0.39, 0.29) is 11.9 Å². The average Bonchev–Trinajstić information content (AvgIpc) is 2.11. The van der Waals surface area contributed by atoms with Crippen molar-refractivity contribution in [3.8, 4) is 5.75 Å². The Bertz CT molecular complexity index is 312. The van der Waals surface area contributed by atoms with Crippen LogP contribution in [-0.4, -0.2) is 6.10 Å². The number of hydrogen-bond donors (Lipinski definition) is 0. The predicted octanol–water partition coefficient (Wildman–Crippen LogP) is 3.54. The topological polar surface area (TPSA) is 9.23 Å². The second kappa shape index (κ2) is 4.42. The molecule has 1 aromatic rings. The van der Waals surface area contributed by atoms with Crippen molar-refractivity contribution in [3.63, 3.8) is 0 Å². The number of halogens is 2. The quantitative estimate of drug-likeness (QED) is 0.740. The first-order chi connectivity index (χ1) is 6.13. The first kappa shape index (κ1) is 10.3. The maximum atomic E-state index is 12.8. The van der Waals surface area contributed by atoms with E-state index in [4.69, 9.17) is 4.74 Å². The van der Waals surface area contributed by atoms with Gasteiger partial charge in [-0.05, 0) is 41.1 Å². The van der Waals surface area contributed by atoms with Crippen molar-refractivity contribution in [3.05, 3.63) is 41.1 Å². The van der Waals surface area contributed by atoms with Gasteiger partial charge in [-0.15, -0.1) is 0 Å². The van der Waals surface area contributed by atoms with Crippen molar-refractivity contribution >= 4 is 15.9 Å². The van der Waals surface area contributed by atoms with Crippen LogP contribution in [-0.2, 0) is 0 Å². The third-order valence-corrected chi connectivity index (χ3v) is 2.15. The van der Waals surface area contributed by atoms with Crippen LogP contribution in [0.3, 0.4) is 0 Å². The number of ether oxygens (including phenoxy) is 1. The predicted molar refractivity (Wildman–Crippen MR) is 54.4 cm³/mol. The summed E-state index contributed by atoms with van der Waals surface area (Å²) in [4.78, 5) is 0. The van der Waals surface area contributed by atoms with Crippen LogP contribution in [0, 0.1) is 5.82 Å². The Kier molecular flexibility index (Phi) is 3.48. The largest absolute Gasteiger partial charge is 0.487 e. The van der Waals surface area contributed by atoms with Crippen LogP contribution in [0.5, 0.6) is 5.75 Å². The monoisotopic (exact) mass is 244 g/mol. The van der Waals surface area contributed by atoms with Crippen LogP contribution in [0.25, 0.3) is 0 Å². The Morgan fingerprint density at radius 1 is 1.62 bits per heavy atom. The van der Waals surface area contributed by atoms with Gasteiger partial charge in [0.1, 0.15) is 17.7 Å². The molecule has 0 bridgehead atoms. The highest BCUT2D eigenvalue weighted by atomic mass is 79.9. The van der Waals surface area contributed by atoms with Crippen molar-refractivity contribution in [2.45, 2.75) is 13.0 Å². The van der Waals surface area contributed by atoms with Gasteiger partial charge in [-0.1, -0.05) is 12.7 Å².